The number of carbonyl (C=O) groups is 2. The molecular formula is C17H21N3O2. The average molecular weight is 299 g/mol. The predicted octanol–water partition coefficient (Wildman–Crippen LogP) is 3.36. The van der Waals surface area contributed by atoms with Crippen LogP contribution in [0, 0.1) is 12.5 Å². The summed E-state index contributed by atoms with van der Waals surface area (Å²) in [5.74, 6) is -0.0945. The highest BCUT2D eigenvalue weighted by Crippen LogP contribution is 2.34. The molecule has 1 aliphatic rings. The van der Waals surface area contributed by atoms with Gasteiger partial charge < -0.3 is 5.32 Å². The molecule has 2 N–H and O–H groups in total. The van der Waals surface area contributed by atoms with E-state index in [4.69, 9.17) is 6.57 Å². The molecule has 0 aromatic heterocycles. The Balaban J connectivity index is 2.17. The third-order valence-corrected chi connectivity index (χ3v) is 4.25. The Labute approximate surface area is 130 Å². The summed E-state index contributed by atoms with van der Waals surface area (Å²) in [5, 5.41) is 4.78. The minimum Gasteiger partial charge on any atom is -0.341 e. The second kappa shape index (κ2) is 7.60. The average Bonchev–Trinajstić information content (AvgIpc) is 3.05. The van der Waals surface area contributed by atoms with Gasteiger partial charge in [-0.1, -0.05) is 49.9 Å². The fourth-order valence-electron chi connectivity index (χ4n) is 3.02. The van der Waals surface area contributed by atoms with Crippen LogP contribution in [-0.2, 0) is 4.79 Å². The van der Waals surface area contributed by atoms with Crippen LogP contribution in [0.5, 0.6) is 0 Å². The lowest BCUT2D eigenvalue weighted by Gasteiger charge is -2.20. The lowest BCUT2D eigenvalue weighted by atomic mass is 9.87. The Kier molecular flexibility index (Phi) is 5.54. The quantitative estimate of drug-likeness (QED) is 0.837. The van der Waals surface area contributed by atoms with E-state index >= 15 is 0 Å². The number of amides is 3. The van der Waals surface area contributed by atoms with E-state index in [1.54, 1.807) is 12.1 Å². The highest BCUT2D eigenvalue weighted by atomic mass is 16.2. The molecule has 3 amide bonds. The predicted molar refractivity (Wildman–Crippen MR) is 84.6 cm³/mol. The molecule has 116 valence electrons. The normalized spacial score (nSPS) is 15.8. The smallest absolute Gasteiger partial charge is 0.321 e. The zero-order valence-corrected chi connectivity index (χ0v) is 12.8. The molecule has 0 heterocycles. The van der Waals surface area contributed by atoms with Crippen LogP contribution in [-0.4, -0.2) is 19.0 Å². The van der Waals surface area contributed by atoms with E-state index in [1.807, 2.05) is 12.1 Å². The second-order valence-electron chi connectivity index (χ2n) is 5.71. The zero-order chi connectivity index (χ0) is 15.9. The van der Waals surface area contributed by atoms with Gasteiger partial charge in [0.1, 0.15) is 0 Å². The minimum absolute atomic E-state index is 0.276. The number of rotatable bonds is 4. The fourth-order valence-corrected chi connectivity index (χ4v) is 3.02. The van der Waals surface area contributed by atoms with Crippen molar-refractivity contribution in [1.29, 1.82) is 0 Å². The largest absolute Gasteiger partial charge is 0.341 e. The number of nitrogens with one attached hydrogen (secondary N) is 2. The van der Waals surface area contributed by atoms with Crippen LogP contribution in [0.4, 0.5) is 10.5 Å². The van der Waals surface area contributed by atoms with E-state index in [9.17, 15) is 9.59 Å². The van der Waals surface area contributed by atoms with Crippen molar-refractivity contribution in [3.05, 3.63) is 41.2 Å². The molecule has 1 aliphatic carbocycles. The fraction of sp³-hybridized carbons (Fsp3) is 0.471. The van der Waals surface area contributed by atoms with Crippen LogP contribution in [0.25, 0.3) is 4.85 Å². The van der Waals surface area contributed by atoms with Crippen molar-refractivity contribution in [3.8, 4) is 0 Å². The lowest BCUT2D eigenvalue weighted by molar-refractivity contribution is -0.121. The molecule has 0 aliphatic heterocycles. The van der Waals surface area contributed by atoms with E-state index in [0.717, 1.165) is 24.8 Å². The van der Waals surface area contributed by atoms with Gasteiger partial charge in [-0.3, -0.25) is 10.1 Å². The maximum absolute atomic E-state index is 12.4. The first kappa shape index (κ1) is 16.0. The van der Waals surface area contributed by atoms with Crippen molar-refractivity contribution in [1.82, 2.24) is 10.6 Å². The Morgan fingerprint density at radius 2 is 1.91 bits per heavy atom. The molecule has 22 heavy (non-hydrogen) atoms. The maximum atomic E-state index is 12.4. The van der Waals surface area contributed by atoms with Crippen molar-refractivity contribution < 1.29 is 9.59 Å². The first-order chi connectivity index (χ1) is 10.6. The zero-order valence-electron chi connectivity index (χ0n) is 12.8. The SMILES string of the molecule is [C-]#[N+]c1ccc(C(CC2CCCC2)C(=O)NC(=O)NC)cc1. The molecule has 0 bridgehead atoms. The van der Waals surface area contributed by atoms with Gasteiger partial charge in [0.15, 0.2) is 5.69 Å². The molecule has 0 radical (unpaired) electrons. The monoisotopic (exact) mass is 299 g/mol. The Hall–Kier alpha value is -2.35. The van der Waals surface area contributed by atoms with Gasteiger partial charge in [0.05, 0.1) is 12.5 Å². The van der Waals surface area contributed by atoms with Crippen LogP contribution in [0.1, 0.15) is 43.6 Å². The van der Waals surface area contributed by atoms with Gasteiger partial charge in [-0.2, -0.15) is 0 Å². The van der Waals surface area contributed by atoms with E-state index in [0.29, 0.717) is 11.6 Å². The molecule has 1 unspecified atom stereocenters. The van der Waals surface area contributed by atoms with Crippen molar-refractivity contribution in [2.24, 2.45) is 5.92 Å². The summed E-state index contributed by atoms with van der Waals surface area (Å²) in [6.45, 7) is 7.00. The van der Waals surface area contributed by atoms with Gasteiger partial charge in [-0.25, -0.2) is 9.64 Å². The van der Waals surface area contributed by atoms with E-state index < -0.39 is 6.03 Å². The standard InChI is InChI=1S/C17H21N3O2/c1-18-14-9-7-13(8-10-14)15(11-12-5-3-4-6-12)16(21)20-17(22)19-2/h7-10,12,15H,3-6,11H2,2H3,(H2,19,20,21,22). The second-order valence-corrected chi connectivity index (χ2v) is 5.71. The number of imide groups is 1. The highest BCUT2D eigenvalue weighted by Gasteiger charge is 2.27. The number of urea groups is 1. The number of hydrogen-bond acceptors (Lipinski definition) is 2. The summed E-state index contributed by atoms with van der Waals surface area (Å²) in [4.78, 5) is 27.2. The molecule has 5 nitrogen and oxygen atoms in total. The summed E-state index contributed by atoms with van der Waals surface area (Å²) in [6.07, 6.45) is 5.46. The summed E-state index contributed by atoms with van der Waals surface area (Å²) >= 11 is 0. The maximum Gasteiger partial charge on any atom is 0.321 e. The third kappa shape index (κ3) is 4.08. The highest BCUT2D eigenvalue weighted by molar-refractivity contribution is 5.97. The molecule has 0 spiro atoms. The number of hydrogen-bond donors (Lipinski definition) is 2. The first-order valence-electron chi connectivity index (χ1n) is 7.64. The Morgan fingerprint density at radius 1 is 1.27 bits per heavy atom. The molecular weight excluding hydrogens is 278 g/mol. The van der Waals surface area contributed by atoms with E-state index in [2.05, 4.69) is 15.5 Å². The van der Waals surface area contributed by atoms with Gasteiger partial charge in [-0.15, -0.1) is 0 Å². The molecule has 1 aromatic rings. The van der Waals surface area contributed by atoms with E-state index in [-0.39, 0.29) is 11.8 Å². The van der Waals surface area contributed by atoms with Crippen molar-refractivity contribution in [2.45, 2.75) is 38.0 Å². The van der Waals surface area contributed by atoms with E-state index in [1.165, 1.54) is 19.9 Å². The van der Waals surface area contributed by atoms with Gasteiger partial charge in [-0.05, 0) is 17.9 Å². The molecule has 1 aromatic carbocycles. The van der Waals surface area contributed by atoms with Gasteiger partial charge >= 0.3 is 6.03 Å². The topological polar surface area (TPSA) is 62.6 Å². The van der Waals surface area contributed by atoms with Gasteiger partial charge in [0, 0.05) is 7.05 Å². The summed E-state index contributed by atoms with van der Waals surface area (Å²) in [6, 6.07) is 6.58. The van der Waals surface area contributed by atoms with Crippen molar-refractivity contribution in [3.63, 3.8) is 0 Å². The van der Waals surface area contributed by atoms with Crippen LogP contribution < -0.4 is 10.6 Å². The van der Waals surface area contributed by atoms with Gasteiger partial charge in [0.2, 0.25) is 5.91 Å². The summed E-state index contributed by atoms with van der Waals surface area (Å²) < 4.78 is 0. The first-order valence-corrected chi connectivity index (χ1v) is 7.64. The molecule has 1 saturated carbocycles. The Morgan fingerprint density at radius 3 is 2.45 bits per heavy atom. The number of nitrogens with zero attached hydrogens (tertiary/aromatic N) is 1. The molecule has 1 atom stereocenters. The summed E-state index contributed by atoms with van der Waals surface area (Å²) in [7, 11) is 1.49. The number of carbonyl (C=O) groups excluding carboxylic acids is 2. The minimum atomic E-state index is -0.487. The van der Waals surface area contributed by atoms with Crippen molar-refractivity contribution in [2.75, 3.05) is 7.05 Å². The molecule has 2 rings (SSSR count). The van der Waals surface area contributed by atoms with Crippen LogP contribution in [0.3, 0.4) is 0 Å². The lowest BCUT2D eigenvalue weighted by Crippen LogP contribution is -2.40. The molecule has 1 fully saturated rings. The van der Waals surface area contributed by atoms with Crippen molar-refractivity contribution >= 4 is 17.6 Å². The number of benzene rings is 1. The van der Waals surface area contributed by atoms with Crippen LogP contribution in [0.2, 0.25) is 0 Å². The summed E-state index contributed by atoms with van der Waals surface area (Å²) in [5.41, 5.74) is 1.41. The molecule has 5 heteroatoms. The van der Waals surface area contributed by atoms with Gasteiger partial charge in [0.25, 0.3) is 0 Å². The van der Waals surface area contributed by atoms with Crippen LogP contribution in [0.15, 0.2) is 24.3 Å². The molecule has 0 saturated heterocycles. The van der Waals surface area contributed by atoms with Crippen LogP contribution >= 0.6 is 0 Å². The Bertz CT molecular complexity index is 569. The third-order valence-electron chi connectivity index (χ3n) is 4.25.